The molecular weight excluding hydrogens is 396 g/mol. The highest BCUT2D eigenvalue weighted by Crippen LogP contribution is 2.33. The molecule has 7 heteroatoms. The summed E-state index contributed by atoms with van der Waals surface area (Å²) in [6.07, 6.45) is 1.77. The first kappa shape index (κ1) is 16.8. The number of hydrogen-bond donors (Lipinski definition) is 1. The quantitative estimate of drug-likeness (QED) is 0.706. The van der Waals surface area contributed by atoms with Crippen molar-refractivity contribution in [3.8, 4) is 5.75 Å². The SMILES string of the molecule is Cc1ccc(COc2ccc([C@@H]3CC(=O)Nc4ncnn43)cc2Br)cc1. The van der Waals surface area contributed by atoms with E-state index in [0.717, 1.165) is 21.3 Å². The Morgan fingerprint density at radius 2 is 2.08 bits per heavy atom. The summed E-state index contributed by atoms with van der Waals surface area (Å²) in [5.41, 5.74) is 3.31. The molecule has 1 N–H and O–H groups in total. The summed E-state index contributed by atoms with van der Waals surface area (Å²) in [4.78, 5) is 16.0. The van der Waals surface area contributed by atoms with Gasteiger partial charge >= 0.3 is 0 Å². The van der Waals surface area contributed by atoms with E-state index in [0.29, 0.717) is 19.0 Å². The highest BCUT2D eigenvalue weighted by Gasteiger charge is 2.28. The number of carbonyl (C=O) groups is 1. The fourth-order valence-electron chi connectivity index (χ4n) is 2.95. The summed E-state index contributed by atoms with van der Waals surface area (Å²) in [6, 6.07) is 13.9. The molecule has 26 heavy (non-hydrogen) atoms. The zero-order valence-electron chi connectivity index (χ0n) is 14.1. The van der Waals surface area contributed by atoms with Crippen LogP contribution in [-0.2, 0) is 11.4 Å². The molecule has 0 spiro atoms. The van der Waals surface area contributed by atoms with Gasteiger partial charge in [-0.3, -0.25) is 10.1 Å². The molecule has 0 saturated heterocycles. The Kier molecular flexibility index (Phi) is 4.46. The maximum atomic E-state index is 11.9. The maximum absolute atomic E-state index is 11.9. The predicted molar refractivity (Wildman–Crippen MR) is 101 cm³/mol. The molecule has 0 fully saturated rings. The number of carbonyl (C=O) groups excluding carboxylic acids is 1. The van der Waals surface area contributed by atoms with Gasteiger partial charge in [0.1, 0.15) is 18.7 Å². The maximum Gasteiger partial charge on any atom is 0.229 e. The number of nitrogens with zero attached hydrogens (tertiary/aromatic N) is 3. The average Bonchev–Trinajstić information content (AvgIpc) is 3.09. The van der Waals surface area contributed by atoms with Crippen LogP contribution in [0.5, 0.6) is 5.75 Å². The lowest BCUT2D eigenvalue weighted by Gasteiger charge is -2.24. The van der Waals surface area contributed by atoms with E-state index in [4.69, 9.17) is 4.74 Å². The van der Waals surface area contributed by atoms with Gasteiger partial charge in [-0.25, -0.2) is 4.68 Å². The zero-order chi connectivity index (χ0) is 18.1. The first-order chi connectivity index (χ1) is 12.6. The number of benzene rings is 2. The summed E-state index contributed by atoms with van der Waals surface area (Å²) in [5.74, 6) is 1.17. The Morgan fingerprint density at radius 3 is 2.85 bits per heavy atom. The van der Waals surface area contributed by atoms with E-state index in [-0.39, 0.29) is 11.9 Å². The molecule has 2 heterocycles. The predicted octanol–water partition coefficient (Wildman–Crippen LogP) is 3.86. The summed E-state index contributed by atoms with van der Waals surface area (Å²) in [5, 5.41) is 6.95. The van der Waals surface area contributed by atoms with Crippen molar-refractivity contribution in [3.05, 3.63) is 70.0 Å². The van der Waals surface area contributed by atoms with Crippen LogP contribution in [0.1, 0.15) is 29.2 Å². The fraction of sp³-hybridized carbons (Fsp3) is 0.211. The topological polar surface area (TPSA) is 69.0 Å². The van der Waals surface area contributed by atoms with Crippen LogP contribution in [0.15, 0.2) is 53.3 Å². The molecule has 1 atom stereocenters. The third-order valence-electron chi connectivity index (χ3n) is 4.35. The molecule has 0 aliphatic carbocycles. The number of nitrogens with one attached hydrogen (secondary N) is 1. The van der Waals surface area contributed by atoms with Crippen LogP contribution >= 0.6 is 15.9 Å². The van der Waals surface area contributed by atoms with Crippen LogP contribution in [-0.4, -0.2) is 20.7 Å². The lowest BCUT2D eigenvalue weighted by atomic mass is 10.0. The minimum atomic E-state index is -0.177. The molecule has 0 bridgehead atoms. The second kappa shape index (κ2) is 6.92. The number of amides is 1. The van der Waals surface area contributed by atoms with E-state index in [1.807, 2.05) is 18.2 Å². The summed E-state index contributed by atoms with van der Waals surface area (Å²) >= 11 is 3.57. The van der Waals surface area contributed by atoms with Crippen molar-refractivity contribution in [1.29, 1.82) is 0 Å². The Morgan fingerprint density at radius 1 is 1.27 bits per heavy atom. The summed E-state index contributed by atoms with van der Waals surface area (Å²) in [6.45, 7) is 2.56. The van der Waals surface area contributed by atoms with Gasteiger partial charge in [0.25, 0.3) is 0 Å². The number of aryl methyl sites for hydroxylation is 1. The summed E-state index contributed by atoms with van der Waals surface area (Å²) < 4.78 is 8.49. The molecule has 0 radical (unpaired) electrons. The second-order valence-electron chi connectivity index (χ2n) is 6.26. The third-order valence-corrected chi connectivity index (χ3v) is 4.97. The van der Waals surface area contributed by atoms with Crippen molar-refractivity contribution >= 4 is 27.8 Å². The Labute approximate surface area is 159 Å². The first-order valence-electron chi connectivity index (χ1n) is 8.27. The van der Waals surface area contributed by atoms with Crippen LogP contribution in [0.2, 0.25) is 0 Å². The van der Waals surface area contributed by atoms with Crippen molar-refractivity contribution in [2.45, 2.75) is 26.0 Å². The van der Waals surface area contributed by atoms with Gasteiger partial charge in [0.05, 0.1) is 16.9 Å². The average molecular weight is 413 g/mol. The van der Waals surface area contributed by atoms with E-state index in [1.165, 1.54) is 11.9 Å². The van der Waals surface area contributed by atoms with E-state index >= 15 is 0 Å². The van der Waals surface area contributed by atoms with E-state index < -0.39 is 0 Å². The van der Waals surface area contributed by atoms with Gasteiger partial charge in [0.2, 0.25) is 11.9 Å². The molecule has 0 unspecified atom stereocenters. The van der Waals surface area contributed by atoms with E-state index in [9.17, 15) is 4.79 Å². The molecule has 1 aliphatic rings. The van der Waals surface area contributed by atoms with Crippen molar-refractivity contribution in [3.63, 3.8) is 0 Å². The second-order valence-corrected chi connectivity index (χ2v) is 7.11. The number of ether oxygens (including phenoxy) is 1. The largest absolute Gasteiger partial charge is 0.488 e. The number of anilines is 1. The number of fused-ring (bicyclic) bond motifs is 1. The number of rotatable bonds is 4. The molecule has 2 aromatic carbocycles. The molecule has 3 aromatic rings. The molecule has 1 amide bonds. The lowest BCUT2D eigenvalue weighted by Crippen LogP contribution is -2.29. The van der Waals surface area contributed by atoms with Gasteiger partial charge in [-0.1, -0.05) is 35.9 Å². The zero-order valence-corrected chi connectivity index (χ0v) is 15.7. The van der Waals surface area contributed by atoms with Gasteiger partial charge in [0.15, 0.2) is 0 Å². The first-order valence-corrected chi connectivity index (χ1v) is 9.06. The van der Waals surface area contributed by atoms with Gasteiger partial charge < -0.3 is 4.74 Å². The molecule has 4 rings (SSSR count). The van der Waals surface area contributed by atoms with Crippen molar-refractivity contribution in [1.82, 2.24) is 14.8 Å². The number of hydrogen-bond acceptors (Lipinski definition) is 4. The van der Waals surface area contributed by atoms with Crippen LogP contribution < -0.4 is 10.1 Å². The van der Waals surface area contributed by atoms with Crippen LogP contribution in [0.25, 0.3) is 0 Å². The highest BCUT2D eigenvalue weighted by molar-refractivity contribution is 9.10. The highest BCUT2D eigenvalue weighted by atomic mass is 79.9. The van der Waals surface area contributed by atoms with Crippen molar-refractivity contribution in [2.24, 2.45) is 0 Å². The molecule has 1 aromatic heterocycles. The summed E-state index contributed by atoms with van der Waals surface area (Å²) in [7, 11) is 0. The van der Waals surface area contributed by atoms with Crippen molar-refractivity contribution < 1.29 is 9.53 Å². The van der Waals surface area contributed by atoms with Gasteiger partial charge in [0, 0.05) is 0 Å². The van der Waals surface area contributed by atoms with E-state index in [1.54, 1.807) is 4.68 Å². The monoisotopic (exact) mass is 412 g/mol. The Balaban J connectivity index is 1.53. The number of aromatic nitrogens is 3. The normalized spacial score (nSPS) is 16.1. The van der Waals surface area contributed by atoms with Crippen LogP contribution in [0.3, 0.4) is 0 Å². The van der Waals surface area contributed by atoms with Crippen LogP contribution in [0.4, 0.5) is 5.95 Å². The molecule has 6 nitrogen and oxygen atoms in total. The Bertz CT molecular complexity index is 952. The third kappa shape index (κ3) is 3.35. The fourth-order valence-corrected chi connectivity index (χ4v) is 3.46. The molecule has 1 aliphatic heterocycles. The van der Waals surface area contributed by atoms with Gasteiger partial charge in [-0.15, -0.1) is 0 Å². The van der Waals surface area contributed by atoms with Gasteiger partial charge in [-0.2, -0.15) is 10.1 Å². The minimum absolute atomic E-state index is 0.0636. The lowest BCUT2D eigenvalue weighted by molar-refractivity contribution is -0.117. The minimum Gasteiger partial charge on any atom is -0.488 e. The van der Waals surface area contributed by atoms with Crippen molar-refractivity contribution in [2.75, 3.05) is 5.32 Å². The molecule has 132 valence electrons. The molecule has 0 saturated carbocycles. The number of halogens is 1. The standard InChI is InChI=1S/C19H17BrN4O2/c1-12-2-4-13(5-3-12)10-26-17-7-6-14(8-15(17)20)16-9-18(25)23-19-21-11-22-24(16)19/h2-8,11,16H,9-10H2,1H3,(H,21,22,23,25)/t16-/m0/s1. The van der Waals surface area contributed by atoms with Crippen LogP contribution in [0, 0.1) is 6.92 Å². The Hall–Kier alpha value is -2.67. The smallest absolute Gasteiger partial charge is 0.229 e. The molecular formula is C19H17BrN4O2. The van der Waals surface area contributed by atoms with E-state index in [2.05, 4.69) is 62.5 Å². The van der Waals surface area contributed by atoms with Gasteiger partial charge in [-0.05, 0) is 46.1 Å².